The Hall–Kier alpha value is -1.26. The highest BCUT2D eigenvalue weighted by molar-refractivity contribution is 6.35. The molecule has 1 aliphatic rings. The number of carbonyl (C=O) groups excluding carboxylic acids is 2. The molecule has 6 heteroatoms. The lowest BCUT2D eigenvalue weighted by molar-refractivity contribution is -0.125. The van der Waals surface area contributed by atoms with Crippen molar-refractivity contribution < 1.29 is 9.59 Å². The van der Waals surface area contributed by atoms with Crippen molar-refractivity contribution in [1.29, 1.82) is 0 Å². The molecule has 0 aliphatic heterocycles. The molecule has 0 aromatic heterocycles. The topological polar surface area (TPSA) is 58.2 Å². The van der Waals surface area contributed by atoms with Crippen molar-refractivity contribution in [3.8, 4) is 0 Å². The van der Waals surface area contributed by atoms with Gasteiger partial charge in [0.1, 0.15) is 0 Å². The maximum absolute atomic E-state index is 12.0. The van der Waals surface area contributed by atoms with Crippen LogP contribution in [0.4, 0.5) is 5.69 Å². The first-order valence-corrected chi connectivity index (χ1v) is 7.32. The fourth-order valence-electron chi connectivity index (χ4n) is 1.97. The van der Waals surface area contributed by atoms with Crippen molar-refractivity contribution in [2.45, 2.75) is 19.8 Å². The Kier molecular flexibility index (Phi) is 4.89. The lowest BCUT2D eigenvalue weighted by atomic mass is 10.2. The number of hydrogen-bond donors (Lipinski definition) is 2. The number of anilines is 1. The Balaban J connectivity index is 1.91. The van der Waals surface area contributed by atoms with E-state index in [1.165, 1.54) is 0 Å². The summed E-state index contributed by atoms with van der Waals surface area (Å²) in [5.41, 5.74) is 0.476. The zero-order valence-electron chi connectivity index (χ0n) is 11.1. The van der Waals surface area contributed by atoms with E-state index in [4.69, 9.17) is 23.2 Å². The molecule has 0 radical (unpaired) electrons. The summed E-state index contributed by atoms with van der Waals surface area (Å²) in [6.45, 7) is 2.63. The molecule has 2 atom stereocenters. The molecule has 108 valence electrons. The smallest absolute Gasteiger partial charge is 0.228 e. The van der Waals surface area contributed by atoms with E-state index in [1.807, 2.05) is 6.92 Å². The molecule has 0 heterocycles. The quantitative estimate of drug-likeness (QED) is 0.877. The molecule has 2 rings (SSSR count). The first kappa shape index (κ1) is 15.1. The van der Waals surface area contributed by atoms with Gasteiger partial charge in [-0.25, -0.2) is 0 Å². The van der Waals surface area contributed by atoms with E-state index in [0.717, 1.165) is 6.42 Å². The lowest BCUT2D eigenvalue weighted by Gasteiger charge is -2.07. The molecular weight excluding hydrogens is 299 g/mol. The third kappa shape index (κ3) is 3.64. The van der Waals surface area contributed by atoms with Gasteiger partial charge in [0.2, 0.25) is 11.8 Å². The van der Waals surface area contributed by atoms with Crippen LogP contribution >= 0.6 is 23.2 Å². The maximum Gasteiger partial charge on any atom is 0.228 e. The number of amides is 2. The van der Waals surface area contributed by atoms with Gasteiger partial charge in [0, 0.05) is 11.6 Å². The second-order valence-corrected chi connectivity index (χ2v) is 5.70. The molecule has 1 aromatic carbocycles. The molecule has 1 fully saturated rings. The molecule has 1 aromatic rings. The van der Waals surface area contributed by atoms with Crippen molar-refractivity contribution in [1.82, 2.24) is 5.32 Å². The van der Waals surface area contributed by atoms with Crippen LogP contribution in [0.3, 0.4) is 0 Å². The predicted molar refractivity (Wildman–Crippen MR) is 80.0 cm³/mol. The van der Waals surface area contributed by atoms with Gasteiger partial charge >= 0.3 is 0 Å². The van der Waals surface area contributed by atoms with E-state index >= 15 is 0 Å². The number of hydrogen-bond acceptors (Lipinski definition) is 2. The Morgan fingerprint density at radius 1 is 1.25 bits per heavy atom. The van der Waals surface area contributed by atoms with Crippen LogP contribution in [0.15, 0.2) is 18.2 Å². The Labute approximate surface area is 127 Å². The first-order valence-electron chi connectivity index (χ1n) is 6.56. The summed E-state index contributed by atoms with van der Waals surface area (Å²) >= 11 is 11.8. The zero-order valence-corrected chi connectivity index (χ0v) is 12.6. The highest BCUT2D eigenvalue weighted by atomic mass is 35.5. The minimum Gasteiger partial charge on any atom is -0.356 e. The zero-order chi connectivity index (χ0) is 14.7. The molecular formula is C14H16Cl2N2O2. The monoisotopic (exact) mass is 314 g/mol. The van der Waals surface area contributed by atoms with E-state index in [2.05, 4.69) is 10.6 Å². The summed E-state index contributed by atoms with van der Waals surface area (Å²) in [4.78, 5) is 23.7. The van der Waals surface area contributed by atoms with Gasteiger partial charge in [0.15, 0.2) is 0 Å². The van der Waals surface area contributed by atoms with Crippen molar-refractivity contribution in [3.63, 3.8) is 0 Å². The largest absolute Gasteiger partial charge is 0.356 e. The molecule has 2 amide bonds. The van der Waals surface area contributed by atoms with E-state index in [1.54, 1.807) is 18.2 Å². The summed E-state index contributed by atoms with van der Waals surface area (Å²) in [6, 6.07) is 4.87. The van der Waals surface area contributed by atoms with Crippen molar-refractivity contribution in [3.05, 3.63) is 28.2 Å². The maximum atomic E-state index is 12.0. The third-order valence-electron chi connectivity index (χ3n) is 3.20. The van der Waals surface area contributed by atoms with Gasteiger partial charge in [-0.15, -0.1) is 0 Å². The minimum atomic E-state index is -0.276. The SMILES string of the molecule is CCCNC(=O)C1CC1C(=O)Nc1cc(Cl)ccc1Cl. The Morgan fingerprint density at radius 3 is 2.65 bits per heavy atom. The molecule has 1 saturated carbocycles. The van der Waals surface area contributed by atoms with Crippen molar-refractivity contribution in [2.24, 2.45) is 11.8 Å². The van der Waals surface area contributed by atoms with Crippen LogP contribution in [0.1, 0.15) is 19.8 Å². The average molecular weight is 315 g/mol. The highest BCUT2D eigenvalue weighted by Gasteiger charge is 2.47. The summed E-state index contributed by atoms with van der Waals surface area (Å²) in [5, 5.41) is 6.44. The number of rotatable bonds is 5. The molecule has 20 heavy (non-hydrogen) atoms. The van der Waals surface area contributed by atoms with Crippen LogP contribution in [0.5, 0.6) is 0 Å². The van der Waals surface area contributed by atoms with Crippen LogP contribution in [0.2, 0.25) is 10.0 Å². The van der Waals surface area contributed by atoms with Crippen molar-refractivity contribution in [2.75, 3.05) is 11.9 Å². The fraction of sp³-hybridized carbons (Fsp3) is 0.429. The van der Waals surface area contributed by atoms with Crippen LogP contribution in [0.25, 0.3) is 0 Å². The molecule has 0 saturated heterocycles. The predicted octanol–water partition coefficient (Wildman–Crippen LogP) is 3.09. The first-order chi connectivity index (χ1) is 9.52. The third-order valence-corrected chi connectivity index (χ3v) is 3.76. The standard InChI is InChI=1S/C14H16Cl2N2O2/c1-2-5-17-13(19)9-7-10(9)14(20)18-12-6-8(15)3-4-11(12)16/h3-4,6,9-10H,2,5,7H2,1H3,(H,17,19)(H,18,20). The molecule has 1 aliphatic carbocycles. The summed E-state index contributed by atoms with van der Waals surface area (Å²) < 4.78 is 0. The second-order valence-electron chi connectivity index (χ2n) is 4.85. The van der Waals surface area contributed by atoms with Gasteiger partial charge < -0.3 is 10.6 Å². The second kappa shape index (κ2) is 6.46. The summed E-state index contributed by atoms with van der Waals surface area (Å²) in [7, 11) is 0. The van der Waals surface area contributed by atoms with E-state index in [0.29, 0.717) is 28.7 Å². The van der Waals surface area contributed by atoms with Gasteiger partial charge in [-0.3, -0.25) is 9.59 Å². The number of halogens is 2. The van der Waals surface area contributed by atoms with Gasteiger partial charge in [0.05, 0.1) is 22.5 Å². The fourth-order valence-corrected chi connectivity index (χ4v) is 2.31. The lowest BCUT2D eigenvalue weighted by Crippen LogP contribution is -2.28. The highest BCUT2D eigenvalue weighted by Crippen LogP contribution is 2.40. The molecule has 0 bridgehead atoms. The van der Waals surface area contributed by atoms with Gasteiger partial charge in [-0.05, 0) is 31.0 Å². The van der Waals surface area contributed by atoms with E-state index in [9.17, 15) is 9.59 Å². The Bertz CT molecular complexity index is 534. The molecule has 0 spiro atoms. The number of nitrogens with one attached hydrogen (secondary N) is 2. The summed E-state index contributed by atoms with van der Waals surface area (Å²) in [6.07, 6.45) is 1.47. The van der Waals surface area contributed by atoms with E-state index in [-0.39, 0.29) is 23.7 Å². The van der Waals surface area contributed by atoms with Gasteiger partial charge in [0.25, 0.3) is 0 Å². The van der Waals surface area contributed by atoms with E-state index < -0.39 is 0 Å². The minimum absolute atomic E-state index is 0.0517. The summed E-state index contributed by atoms with van der Waals surface area (Å²) in [5.74, 6) is -0.739. The van der Waals surface area contributed by atoms with Gasteiger partial charge in [-0.2, -0.15) is 0 Å². The molecule has 4 nitrogen and oxygen atoms in total. The molecule has 2 N–H and O–H groups in total. The number of benzene rings is 1. The Morgan fingerprint density at radius 2 is 1.95 bits per heavy atom. The van der Waals surface area contributed by atoms with Crippen LogP contribution in [0, 0.1) is 11.8 Å². The number of carbonyl (C=O) groups is 2. The van der Waals surface area contributed by atoms with Gasteiger partial charge in [-0.1, -0.05) is 30.1 Å². The van der Waals surface area contributed by atoms with Crippen LogP contribution in [-0.4, -0.2) is 18.4 Å². The van der Waals surface area contributed by atoms with Crippen LogP contribution in [-0.2, 0) is 9.59 Å². The molecule has 2 unspecified atom stereocenters. The van der Waals surface area contributed by atoms with Crippen molar-refractivity contribution >= 4 is 40.7 Å². The average Bonchev–Trinajstić information content (AvgIpc) is 3.20. The normalized spacial score (nSPS) is 20.4. The van der Waals surface area contributed by atoms with Crippen LogP contribution < -0.4 is 10.6 Å².